The predicted molar refractivity (Wildman–Crippen MR) is 69.4 cm³/mol. The van der Waals surface area contributed by atoms with Gasteiger partial charge in [0.2, 0.25) is 0 Å². The second-order valence-electron chi connectivity index (χ2n) is 4.39. The van der Waals surface area contributed by atoms with Crippen LogP contribution in [0.25, 0.3) is 0 Å². The van der Waals surface area contributed by atoms with Crippen LogP contribution in [0, 0.1) is 5.92 Å². The van der Waals surface area contributed by atoms with Gasteiger partial charge in [0.05, 0.1) is 12.8 Å². The van der Waals surface area contributed by atoms with Crippen molar-refractivity contribution in [1.29, 1.82) is 0 Å². The van der Waals surface area contributed by atoms with Gasteiger partial charge in [0, 0.05) is 31.5 Å². The van der Waals surface area contributed by atoms with E-state index in [-0.39, 0.29) is 0 Å². The molecule has 0 radical (unpaired) electrons. The minimum atomic E-state index is 0.670. The molecule has 17 heavy (non-hydrogen) atoms. The molecule has 1 aromatic carbocycles. The molecule has 0 aliphatic carbocycles. The van der Waals surface area contributed by atoms with Crippen molar-refractivity contribution in [3.63, 3.8) is 0 Å². The molecule has 1 aromatic rings. The van der Waals surface area contributed by atoms with Crippen molar-refractivity contribution in [2.24, 2.45) is 5.92 Å². The average molecular weight is 236 g/mol. The molecule has 0 saturated carbocycles. The van der Waals surface area contributed by atoms with Crippen molar-refractivity contribution in [3.8, 4) is 5.75 Å². The molecular weight excluding hydrogens is 216 g/mol. The van der Waals surface area contributed by atoms with Gasteiger partial charge in [-0.3, -0.25) is 0 Å². The SMILES string of the molecule is COc1cc(NCC2CCOCC2)ccc1N. The van der Waals surface area contributed by atoms with E-state index in [1.165, 1.54) is 0 Å². The highest BCUT2D eigenvalue weighted by atomic mass is 16.5. The molecule has 1 aliphatic heterocycles. The second-order valence-corrected chi connectivity index (χ2v) is 4.39. The molecule has 2 rings (SSSR count). The average Bonchev–Trinajstić information content (AvgIpc) is 2.39. The molecular formula is C13H20N2O2. The summed E-state index contributed by atoms with van der Waals surface area (Å²) in [6, 6.07) is 5.79. The van der Waals surface area contributed by atoms with Gasteiger partial charge in [0.1, 0.15) is 5.75 Å². The van der Waals surface area contributed by atoms with Crippen molar-refractivity contribution >= 4 is 11.4 Å². The molecule has 4 heteroatoms. The van der Waals surface area contributed by atoms with Gasteiger partial charge in [-0.15, -0.1) is 0 Å². The number of ether oxygens (including phenoxy) is 2. The van der Waals surface area contributed by atoms with E-state index in [4.69, 9.17) is 15.2 Å². The van der Waals surface area contributed by atoms with Crippen LogP contribution in [0.3, 0.4) is 0 Å². The molecule has 0 amide bonds. The first-order valence-corrected chi connectivity index (χ1v) is 6.04. The van der Waals surface area contributed by atoms with Crippen molar-refractivity contribution < 1.29 is 9.47 Å². The van der Waals surface area contributed by atoms with Gasteiger partial charge < -0.3 is 20.5 Å². The number of nitrogens with two attached hydrogens (primary N) is 1. The maximum absolute atomic E-state index is 5.77. The van der Waals surface area contributed by atoms with Crippen molar-refractivity contribution in [1.82, 2.24) is 0 Å². The highest BCUT2D eigenvalue weighted by Crippen LogP contribution is 2.25. The molecule has 1 fully saturated rings. The number of nitrogens with one attached hydrogen (secondary N) is 1. The lowest BCUT2D eigenvalue weighted by Gasteiger charge is -2.22. The normalized spacial score (nSPS) is 16.8. The maximum Gasteiger partial charge on any atom is 0.143 e. The standard InChI is InChI=1S/C13H20N2O2/c1-16-13-8-11(2-3-12(13)14)15-9-10-4-6-17-7-5-10/h2-3,8,10,15H,4-7,9,14H2,1H3. The third kappa shape index (κ3) is 3.27. The lowest BCUT2D eigenvalue weighted by Crippen LogP contribution is -2.22. The van der Waals surface area contributed by atoms with Gasteiger partial charge in [-0.1, -0.05) is 0 Å². The lowest BCUT2D eigenvalue weighted by molar-refractivity contribution is 0.0699. The van der Waals surface area contributed by atoms with Crippen molar-refractivity contribution in [2.75, 3.05) is 37.9 Å². The zero-order valence-electron chi connectivity index (χ0n) is 10.2. The first-order valence-electron chi connectivity index (χ1n) is 6.04. The Labute approximate surface area is 102 Å². The van der Waals surface area contributed by atoms with Gasteiger partial charge in [0.25, 0.3) is 0 Å². The molecule has 0 unspecified atom stereocenters. The van der Waals surface area contributed by atoms with Crippen molar-refractivity contribution in [2.45, 2.75) is 12.8 Å². The van der Waals surface area contributed by atoms with E-state index in [9.17, 15) is 0 Å². The highest BCUT2D eigenvalue weighted by Gasteiger charge is 2.13. The van der Waals surface area contributed by atoms with E-state index >= 15 is 0 Å². The summed E-state index contributed by atoms with van der Waals surface area (Å²) < 4.78 is 10.5. The summed E-state index contributed by atoms with van der Waals surface area (Å²) in [4.78, 5) is 0. The second kappa shape index (κ2) is 5.77. The highest BCUT2D eigenvalue weighted by molar-refractivity contribution is 5.61. The Balaban J connectivity index is 1.89. The topological polar surface area (TPSA) is 56.5 Å². The molecule has 94 valence electrons. The molecule has 0 aromatic heterocycles. The van der Waals surface area contributed by atoms with E-state index in [1.54, 1.807) is 7.11 Å². The summed E-state index contributed by atoms with van der Waals surface area (Å²) in [5.74, 6) is 1.43. The number of nitrogen functional groups attached to an aromatic ring is 1. The van der Waals surface area contributed by atoms with Crippen LogP contribution in [-0.4, -0.2) is 26.9 Å². The minimum Gasteiger partial charge on any atom is -0.495 e. The zero-order chi connectivity index (χ0) is 12.1. The molecule has 4 nitrogen and oxygen atoms in total. The first kappa shape index (κ1) is 12.0. The fraction of sp³-hybridized carbons (Fsp3) is 0.538. The number of anilines is 2. The van der Waals surface area contributed by atoms with Crippen LogP contribution in [0.2, 0.25) is 0 Å². The number of methoxy groups -OCH3 is 1. The summed E-state index contributed by atoms with van der Waals surface area (Å²) in [6.07, 6.45) is 2.28. The molecule has 0 atom stereocenters. The quantitative estimate of drug-likeness (QED) is 0.786. The summed E-state index contributed by atoms with van der Waals surface area (Å²) in [6.45, 7) is 2.76. The van der Waals surface area contributed by atoms with Crippen LogP contribution in [0.1, 0.15) is 12.8 Å². The Kier molecular flexibility index (Phi) is 4.09. The van der Waals surface area contributed by atoms with E-state index in [0.29, 0.717) is 11.6 Å². The fourth-order valence-corrected chi connectivity index (χ4v) is 2.03. The smallest absolute Gasteiger partial charge is 0.143 e. The van der Waals surface area contributed by atoms with Crippen LogP contribution in [0.5, 0.6) is 5.75 Å². The first-order chi connectivity index (χ1) is 8.29. The van der Waals surface area contributed by atoms with Crippen LogP contribution in [-0.2, 0) is 4.74 Å². The maximum atomic E-state index is 5.77. The third-order valence-corrected chi connectivity index (χ3v) is 3.17. The Morgan fingerprint density at radius 3 is 2.88 bits per heavy atom. The molecule has 1 saturated heterocycles. The third-order valence-electron chi connectivity index (χ3n) is 3.17. The van der Waals surface area contributed by atoms with E-state index < -0.39 is 0 Å². The van der Waals surface area contributed by atoms with E-state index in [1.807, 2.05) is 18.2 Å². The van der Waals surface area contributed by atoms with Crippen molar-refractivity contribution in [3.05, 3.63) is 18.2 Å². The van der Waals surface area contributed by atoms with Crippen LogP contribution < -0.4 is 15.8 Å². The Bertz CT molecular complexity index is 362. The molecule has 0 spiro atoms. The van der Waals surface area contributed by atoms with E-state index in [0.717, 1.165) is 44.0 Å². The summed E-state index contributed by atoms with van der Waals surface area (Å²) in [5.41, 5.74) is 7.50. The number of hydrogen-bond acceptors (Lipinski definition) is 4. The van der Waals surface area contributed by atoms with Crippen LogP contribution in [0.4, 0.5) is 11.4 Å². The number of hydrogen-bond donors (Lipinski definition) is 2. The van der Waals surface area contributed by atoms with Gasteiger partial charge >= 0.3 is 0 Å². The van der Waals surface area contributed by atoms with Gasteiger partial charge in [-0.05, 0) is 30.9 Å². The molecule has 1 aliphatic rings. The minimum absolute atomic E-state index is 0.670. The van der Waals surface area contributed by atoms with Gasteiger partial charge in [0.15, 0.2) is 0 Å². The zero-order valence-corrected chi connectivity index (χ0v) is 10.2. The Morgan fingerprint density at radius 2 is 2.18 bits per heavy atom. The van der Waals surface area contributed by atoms with Crippen LogP contribution in [0.15, 0.2) is 18.2 Å². The van der Waals surface area contributed by atoms with E-state index in [2.05, 4.69) is 5.32 Å². The Morgan fingerprint density at radius 1 is 1.41 bits per heavy atom. The molecule has 0 bridgehead atoms. The number of benzene rings is 1. The Hall–Kier alpha value is -1.42. The number of rotatable bonds is 4. The van der Waals surface area contributed by atoms with Crippen LogP contribution >= 0.6 is 0 Å². The van der Waals surface area contributed by atoms with Gasteiger partial charge in [-0.2, -0.15) is 0 Å². The lowest BCUT2D eigenvalue weighted by atomic mass is 10.0. The predicted octanol–water partition coefficient (Wildman–Crippen LogP) is 2.12. The van der Waals surface area contributed by atoms with Gasteiger partial charge in [-0.25, -0.2) is 0 Å². The fourth-order valence-electron chi connectivity index (χ4n) is 2.03. The summed E-state index contributed by atoms with van der Waals surface area (Å²) in [7, 11) is 1.63. The largest absolute Gasteiger partial charge is 0.495 e. The summed E-state index contributed by atoms with van der Waals surface area (Å²) >= 11 is 0. The molecule has 3 N–H and O–H groups in total. The monoisotopic (exact) mass is 236 g/mol. The summed E-state index contributed by atoms with van der Waals surface area (Å²) in [5, 5.41) is 3.43. The molecule has 1 heterocycles.